The number of β-amino-alcohol motifs (C(OH)–C–C–N with tert-alkyl or cyclic N) is 1. The monoisotopic (exact) mass is 272 g/mol. The number of rotatable bonds is 3. The molecule has 106 valence electrons. The molecule has 1 saturated heterocycles. The first-order chi connectivity index (χ1) is 9.61. The Balaban J connectivity index is 1.87. The number of pyridine rings is 1. The number of hydrogen-bond donors (Lipinski definition) is 2. The normalized spacial score (nSPS) is 23.6. The number of aliphatic hydroxyl groups is 2. The van der Waals surface area contributed by atoms with Gasteiger partial charge in [0.15, 0.2) is 0 Å². The van der Waals surface area contributed by atoms with Gasteiger partial charge in [-0.1, -0.05) is 18.2 Å². The average Bonchev–Trinajstić information content (AvgIpc) is 2.85. The zero-order valence-corrected chi connectivity index (χ0v) is 11.7. The van der Waals surface area contributed by atoms with Gasteiger partial charge in [-0.3, -0.25) is 9.88 Å². The van der Waals surface area contributed by atoms with Gasteiger partial charge in [0.05, 0.1) is 12.1 Å². The number of aryl methyl sites for hydroxylation is 1. The first-order valence-electron chi connectivity index (χ1n) is 7.00. The van der Waals surface area contributed by atoms with Gasteiger partial charge in [0, 0.05) is 31.2 Å². The van der Waals surface area contributed by atoms with Crippen molar-refractivity contribution in [2.45, 2.75) is 25.5 Å². The molecule has 1 aliphatic heterocycles. The van der Waals surface area contributed by atoms with Gasteiger partial charge in [-0.15, -0.1) is 0 Å². The fraction of sp³-hybridized carbons (Fsp3) is 0.438. The van der Waals surface area contributed by atoms with Crippen molar-refractivity contribution in [3.63, 3.8) is 0 Å². The van der Waals surface area contributed by atoms with E-state index in [-0.39, 0.29) is 6.61 Å². The van der Waals surface area contributed by atoms with Crippen LogP contribution < -0.4 is 0 Å². The van der Waals surface area contributed by atoms with Gasteiger partial charge in [-0.2, -0.15) is 0 Å². The number of likely N-dealkylation sites (tertiary alicyclic amines) is 1. The molecule has 1 aromatic carbocycles. The van der Waals surface area contributed by atoms with E-state index in [0.717, 1.165) is 18.6 Å². The van der Waals surface area contributed by atoms with Gasteiger partial charge in [-0.05, 0) is 30.5 Å². The second kappa shape index (κ2) is 5.13. The van der Waals surface area contributed by atoms with Crippen molar-refractivity contribution in [2.24, 2.45) is 0 Å². The Labute approximate surface area is 118 Å². The summed E-state index contributed by atoms with van der Waals surface area (Å²) in [5.41, 5.74) is 2.51. The number of fused-ring (bicyclic) bond motifs is 1. The van der Waals surface area contributed by atoms with E-state index in [2.05, 4.69) is 35.0 Å². The smallest absolute Gasteiger partial charge is 0.102 e. The van der Waals surface area contributed by atoms with Gasteiger partial charge in [0.25, 0.3) is 0 Å². The second-order valence-corrected chi connectivity index (χ2v) is 5.78. The lowest BCUT2D eigenvalue weighted by Gasteiger charge is -2.21. The van der Waals surface area contributed by atoms with Crippen LogP contribution in [0.3, 0.4) is 0 Å². The van der Waals surface area contributed by atoms with Crippen molar-refractivity contribution >= 4 is 10.9 Å². The summed E-state index contributed by atoms with van der Waals surface area (Å²) < 4.78 is 0. The van der Waals surface area contributed by atoms with Crippen LogP contribution in [0.5, 0.6) is 0 Å². The summed E-state index contributed by atoms with van der Waals surface area (Å²) in [6.07, 6.45) is 2.45. The molecule has 1 aliphatic rings. The standard InChI is InChI=1S/C16H20N2O2/c1-12-4-5-13(14-3-2-7-17-15(12)14)9-18-8-6-16(20,10-18)11-19/h2-5,7,19-20H,6,8-11H2,1H3/t16-/m1/s1. The number of nitrogens with zero attached hydrogens (tertiary/aromatic N) is 2. The van der Waals surface area contributed by atoms with Crippen LogP contribution in [0.25, 0.3) is 10.9 Å². The molecule has 0 amide bonds. The third-order valence-corrected chi connectivity index (χ3v) is 4.16. The van der Waals surface area contributed by atoms with Gasteiger partial charge in [0.1, 0.15) is 5.60 Å². The lowest BCUT2D eigenvalue weighted by molar-refractivity contribution is -0.00577. The zero-order chi connectivity index (χ0) is 14.2. The molecule has 0 aliphatic carbocycles. The summed E-state index contributed by atoms with van der Waals surface area (Å²) in [7, 11) is 0. The second-order valence-electron chi connectivity index (χ2n) is 5.78. The average molecular weight is 272 g/mol. The molecule has 1 aromatic heterocycles. The van der Waals surface area contributed by atoms with E-state index in [4.69, 9.17) is 0 Å². The molecule has 20 heavy (non-hydrogen) atoms. The van der Waals surface area contributed by atoms with Crippen molar-refractivity contribution in [1.29, 1.82) is 0 Å². The Hall–Kier alpha value is -1.49. The number of aromatic nitrogens is 1. The first kappa shape index (κ1) is 13.5. The predicted octanol–water partition coefficient (Wildman–Crippen LogP) is 1.47. The number of aliphatic hydroxyl groups excluding tert-OH is 1. The summed E-state index contributed by atoms with van der Waals surface area (Å²) in [5, 5.41) is 20.5. The van der Waals surface area contributed by atoms with Crippen LogP contribution in [-0.4, -0.2) is 45.4 Å². The Morgan fingerprint density at radius 3 is 2.95 bits per heavy atom. The largest absolute Gasteiger partial charge is 0.393 e. The number of benzene rings is 1. The molecule has 0 saturated carbocycles. The van der Waals surface area contributed by atoms with Gasteiger partial charge in [0.2, 0.25) is 0 Å². The predicted molar refractivity (Wildman–Crippen MR) is 78.4 cm³/mol. The molecule has 0 unspecified atom stereocenters. The maximum atomic E-state index is 10.1. The van der Waals surface area contributed by atoms with Gasteiger partial charge in [-0.25, -0.2) is 0 Å². The van der Waals surface area contributed by atoms with E-state index in [1.54, 1.807) is 0 Å². The highest BCUT2D eigenvalue weighted by Crippen LogP contribution is 2.26. The van der Waals surface area contributed by atoms with Crippen molar-refractivity contribution in [1.82, 2.24) is 9.88 Å². The Morgan fingerprint density at radius 1 is 1.35 bits per heavy atom. The minimum absolute atomic E-state index is 0.167. The molecule has 0 bridgehead atoms. The summed E-state index contributed by atoms with van der Waals surface area (Å²) in [4.78, 5) is 6.64. The Kier molecular flexibility index (Phi) is 3.46. The molecular formula is C16H20N2O2. The molecule has 2 aromatic rings. The van der Waals surface area contributed by atoms with Crippen LogP contribution in [0, 0.1) is 6.92 Å². The number of hydrogen-bond acceptors (Lipinski definition) is 4. The van der Waals surface area contributed by atoms with Gasteiger partial charge < -0.3 is 10.2 Å². The lowest BCUT2D eigenvalue weighted by atomic mass is 10.0. The minimum atomic E-state index is -0.932. The van der Waals surface area contributed by atoms with E-state index in [1.807, 2.05) is 12.3 Å². The summed E-state index contributed by atoms with van der Waals surface area (Å²) in [6.45, 7) is 4.02. The van der Waals surface area contributed by atoms with Crippen LogP contribution in [-0.2, 0) is 6.54 Å². The molecule has 4 nitrogen and oxygen atoms in total. The van der Waals surface area contributed by atoms with E-state index < -0.39 is 5.60 Å². The molecular weight excluding hydrogens is 252 g/mol. The van der Waals surface area contributed by atoms with E-state index in [0.29, 0.717) is 13.0 Å². The highest BCUT2D eigenvalue weighted by Gasteiger charge is 2.35. The fourth-order valence-electron chi connectivity index (χ4n) is 2.96. The van der Waals surface area contributed by atoms with Crippen LogP contribution in [0.15, 0.2) is 30.5 Å². The summed E-state index contributed by atoms with van der Waals surface area (Å²) in [6, 6.07) is 8.28. The van der Waals surface area contributed by atoms with Crippen LogP contribution in [0.1, 0.15) is 17.5 Å². The maximum absolute atomic E-state index is 10.1. The SMILES string of the molecule is Cc1ccc(CN2CC[C@](O)(CO)C2)c2cccnc12. The molecule has 0 spiro atoms. The molecule has 1 fully saturated rings. The zero-order valence-electron chi connectivity index (χ0n) is 11.7. The minimum Gasteiger partial charge on any atom is -0.393 e. The maximum Gasteiger partial charge on any atom is 0.102 e. The topological polar surface area (TPSA) is 56.6 Å². The molecule has 3 rings (SSSR count). The third-order valence-electron chi connectivity index (χ3n) is 4.16. The quantitative estimate of drug-likeness (QED) is 0.888. The van der Waals surface area contributed by atoms with E-state index in [1.165, 1.54) is 16.5 Å². The molecule has 1 atom stereocenters. The molecule has 0 radical (unpaired) electrons. The Morgan fingerprint density at radius 2 is 2.20 bits per heavy atom. The first-order valence-corrected chi connectivity index (χ1v) is 7.00. The third kappa shape index (κ3) is 2.42. The molecule has 2 heterocycles. The van der Waals surface area contributed by atoms with Crippen molar-refractivity contribution in [2.75, 3.05) is 19.7 Å². The highest BCUT2D eigenvalue weighted by molar-refractivity contribution is 5.84. The van der Waals surface area contributed by atoms with Crippen LogP contribution in [0.2, 0.25) is 0 Å². The van der Waals surface area contributed by atoms with Crippen molar-refractivity contribution in [3.8, 4) is 0 Å². The van der Waals surface area contributed by atoms with Crippen molar-refractivity contribution in [3.05, 3.63) is 41.6 Å². The van der Waals surface area contributed by atoms with Gasteiger partial charge >= 0.3 is 0 Å². The summed E-state index contributed by atoms with van der Waals surface area (Å²) in [5.74, 6) is 0. The molecule has 2 N–H and O–H groups in total. The fourth-order valence-corrected chi connectivity index (χ4v) is 2.96. The van der Waals surface area contributed by atoms with Crippen LogP contribution in [0.4, 0.5) is 0 Å². The Bertz CT molecular complexity index is 629. The van der Waals surface area contributed by atoms with E-state index in [9.17, 15) is 10.2 Å². The van der Waals surface area contributed by atoms with Crippen LogP contribution >= 0.6 is 0 Å². The molecule has 4 heteroatoms. The lowest BCUT2D eigenvalue weighted by Crippen LogP contribution is -2.36. The summed E-state index contributed by atoms with van der Waals surface area (Å²) >= 11 is 0. The van der Waals surface area contributed by atoms with Crippen molar-refractivity contribution < 1.29 is 10.2 Å². The van der Waals surface area contributed by atoms with E-state index >= 15 is 0 Å². The highest BCUT2D eigenvalue weighted by atomic mass is 16.3.